The lowest BCUT2D eigenvalue weighted by atomic mass is 10.0. The Morgan fingerprint density at radius 2 is 1.76 bits per heavy atom. The van der Waals surface area contributed by atoms with Gasteiger partial charge in [0.05, 0.1) is 35.3 Å². The molecule has 3 N–H and O–H groups in total. The SMILES string of the molecule is C[C@H]1CCCCO[C@@H](CN(C)C(=O)Nc2ccc(F)cc2)[C@@H](C)CN([C@@H](C)CO)C(=O)c2cc(NS(=O)(=O)c3ccc(Cl)cc3)ccc2O1. The van der Waals surface area contributed by atoms with Crippen LogP contribution >= 0.6 is 11.6 Å². The van der Waals surface area contributed by atoms with Crippen molar-refractivity contribution in [2.24, 2.45) is 5.92 Å². The van der Waals surface area contributed by atoms with E-state index in [4.69, 9.17) is 21.1 Å². The number of fused-ring (bicyclic) bond motifs is 1. The first kappa shape index (κ1) is 37.9. The van der Waals surface area contributed by atoms with Crippen molar-refractivity contribution in [1.82, 2.24) is 9.80 Å². The molecule has 0 unspecified atom stereocenters. The van der Waals surface area contributed by atoms with E-state index in [9.17, 15) is 27.5 Å². The number of likely N-dealkylation sites (N-methyl/N-ethyl adjacent to an activating group) is 1. The highest BCUT2D eigenvalue weighted by Gasteiger charge is 2.31. The molecule has 0 bridgehead atoms. The summed E-state index contributed by atoms with van der Waals surface area (Å²) in [6, 6.07) is 14.7. The standard InChI is InChI=1S/C35H44ClFN4O7S/c1-23-20-41(24(2)22-42)34(43)31-19-29(39-49(45,46)30-15-8-26(36)9-16-30)14-17-32(31)48-25(3)7-5-6-18-47-33(23)21-40(4)35(44)38-28-12-10-27(37)11-13-28/h8-17,19,23-25,33,39,42H,5-7,18,20-22H2,1-4H3,(H,38,44)/t23-,24-,25-,33-/m0/s1. The number of anilines is 2. The number of hydrogen-bond donors (Lipinski definition) is 3. The van der Waals surface area contributed by atoms with Crippen molar-refractivity contribution in [2.75, 3.05) is 43.4 Å². The number of urea groups is 1. The van der Waals surface area contributed by atoms with Gasteiger partial charge in [-0.05, 0) is 99.8 Å². The summed E-state index contributed by atoms with van der Waals surface area (Å²) in [4.78, 5) is 30.3. The second-order valence-electron chi connectivity index (χ2n) is 12.4. The van der Waals surface area contributed by atoms with Gasteiger partial charge in [-0.1, -0.05) is 18.5 Å². The lowest BCUT2D eigenvalue weighted by molar-refractivity contribution is -0.0115. The highest BCUT2D eigenvalue weighted by atomic mass is 35.5. The Bertz CT molecular complexity index is 1680. The molecule has 3 amide bonds. The van der Waals surface area contributed by atoms with E-state index in [0.717, 1.165) is 12.8 Å². The summed E-state index contributed by atoms with van der Waals surface area (Å²) < 4.78 is 54.8. The minimum absolute atomic E-state index is 0.0000990. The fraction of sp³-hybridized carbons (Fsp3) is 0.429. The van der Waals surface area contributed by atoms with E-state index >= 15 is 0 Å². The van der Waals surface area contributed by atoms with Crippen LogP contribution in [0.25, 0.3) is 0 Å². The molecular weight excluding hydrogens is 675 g/mol. The Kier molecular flexibility index (Phi) is 13.3. The number of halogens is 2. The lowest BCUT2D eigenvalue weighted by Crippen LogP contribution is -2.48. The zero-order chi connectivity index (χ0) is 35.7. The van der Waals surface area contributed by atoms with Gasteiger partial charge in [0.2, 0.25) is 0 Å². The molecule has 49 heavy (non-hydrogen) atoms. The topological polar surface area (TPSA) is 138 Å². The van der Waals surface area contributed by atoms with Crippen molar-refractivity contribution in [3.8, 4) is 5.75 Å². The molecule has 3 aromatic carbocycles. The third-order valence-corrected chi connectivity index (χ3v) is 9.97. The van der Waals surface area contributed by atoms with Crippen LogP contribution in [0.3, 0.4) is 0 Å². The molecule has 1 aliphatic rings. The molecule has 0 fully saturated rings. The molecule has 11 nitrogen and oxygen atoms in total. The van der Waals surface area contributed by atoms with E-state index in [0.29, 0.717) is 23.7 Å². The summed E-state index contributed by atoms with van der Waals surface area (Å²) in [5.41, 5.74) is 0.719. The van der Waals surface area contributed by atoms with Crippen LogP contribution in [0.15, 0.2) is 71.6 Å². The largest absolute Gasteiger partial charge is 0.490 e. The summed E-state index contributed by atoms with van der Waals surface area (Å²) in [5, 5.41) is 13.3. The molecule has 1 heterocycles. The number of carbonyl (C=O) groups excluding carboxylic acids is 2. The van der Waals surface area contributed by atoms with Gasteiger partial charge in [-0.25, -0.2) is 17.6 Å². The van der Waals surface area contributed by atoms with Crippen molar-refractivity contribution in [3.63, 3.8) is 0 Å². The van der Waals surface area contributed by atoms with Crippen LogP contribution in [0.5, 0.6) is 5.75 Å². The highest BCUT2D eigenvalue weighted by molar-refractivity contribution is 7.92. The molecule has 0 saturated carbocycles. The molecule has 0 spiro atoms. The Morgan fingerprint density at radius 1 is 1.08 bits per heavy atom. The minimum Gasteiger partial charge on any atom is -0.490 e. The number of carbonyl (C=O) groups is 2. The summed E-state index contributed by atoms with van der Waals surface area (Å²) in [6.45, 7) is 5.94. The van der Waals surface area contributed by atoms with Gasteiger partial charge in [-0.3, -0.25) is 9.52 Å². The van der Waals surface area contributed by atoms with Crippen LogP contribution in [0, 0.1) is 11.7 Å². The summed E-state index contributed by atoms with van der Waals surface area (Å²) in [6.07, 6.45) is 1.42. The van der Waals surface area contributed by atoms with E-state index < -0.39 is 39.9 Å². The Balaban J connectivity index is 1.62. The molecule has 0 radical (unpaired) electrons. The first-order chi connectivity index (χ1) is 23.3. The fourth-order valence-electron chi connectivity index (χ4n) is 5.38. The number of sulfonamides is 1. The molecule has 14 heteroatoms. The number of ether oxygens (including phenoxy) is 2. The number of nitrogens with one attached hydrogen (secondary N) is 2. The molecule has 4 rings (SSSR count). The van der Waals surface area contributed by atoms with Crippen LogP contribution in [0.4, 0.5) is 20.6 Å². The van der Waals surface area contributed by atoms with Crippen molar-refractivity contribution in [1.29, 1.82) is 0 Å². The molecule has 0 aliphatic carbocycles. The quantitative estimate of drug-likeness (QED) is 0.251. The predicted octanol–water partition coefficient (Wildman–Crippen LogP) is 6.24. The Hall–Kier alpha value is -3.91. The average molecular weight is 719 g/mol. The number of hydrogen-bond acceptors (Lipinski definition) is 7. The Morgan fingerprint density at radius 3 is 2.43 bits per heavy atom. The van der Waals surface area contributed by atoms with Gasteiger partial charge in [0.25, 0.3) is 15.9 Å². The number of amides is 3. The zero-order valence-electron chi connectivity index (χ0n) is 28.1. The third-order valence-electron chi connectivity index (χ3n) is 8.32. The second kappa shape index (κ2) is 17.1. The first-order valence-corrected chi connectivity index (χ1v) is 18.0. The van der Waals surface area contributed by atoms with E-state index in [1.807, 2.05) is 13.8 Å². The van der Waals surface area contributed by atoms with Gasteiger partial charge in [-0.15, -0.1) is 0 Å². The maximum atomic E-state index is 14.3. The van der Waals surface area contributed by atoms with Crippen molar-refractivity contribution < 1.29 is 37.0 Å². The maximum Gasteiger partial charge on any atom is 0.321 e. The predicted molar refractivity (Wildman–Crippen MR) is 187 cm³/mol. The average Bonchev–Trinajstić information content (AvgIpc) is 3.07. The molecule has 266 valence electrons. The highest BCUT2D eigenvalue weighted by Crippen LogP contribution is 2.30. The van der Waals surface area contributed by atoms with Gasteiger partial charge in [0, 0.05) is 49.1 Å². The smallest absolute Gasteiger partial charge is 0.321 e. The maximum absolute atomic E-state index is 14.3. The van der Waals surface area contributed by atoms with Crippen LogP contribution in [-0.4, -0.2) is 86.9 Å². The summed E-state index contributed by atoms with van der Waals surface area (Å²) in [5.74, 6) is -0.904. The molecule has 0 aromatic heterocycles. The van der Waals surface area contributed by atoms with Crippen molar-refractivity contribution in [3.05, 3.63) is 83.1 Å². The van der Waals surface area contributed by atoms with Crippen molar-refractivity contribution in [2.45, 2.75) is 63.2 Å². The molecular formula is C35H44ClFN4O7S. The number of nitrogens with zero attached hydrogens (tertiary/aromatic N) is 2. The van der Waals surface area contributed by atoms with Gasteiger partial charge in [0.15, 0.2) is 0 Å². The number of benzene rings is 3. The van der Waals surface area contributed by atoms with E-state index in [-0.39, 0.29) is 53.6 Å². The van der Waals surface area contributed by atoms with Crippen LogP contribution in [-0.2, 0) is 14.8 Å². The second-order valence-corrected chi connectivity index (χ2v) is 14.5. The van der Waals surface area contributed by atoms with Crippen LogP contribution in [0.1, 0.15) is 50.4 Å². The number of aliphatic hydroxyl groups excluding tert-OH is 1. The van der Waals surface area contributed by atoms with Crippen LogP contribution < -0.4 is 14.8 Å². The lowest BCUT2D eigenvalue weighted by Gasteiger charge is -2.35. The first-order valence-electron chi connectivity index (χ1n) is 16.2. The summed E-state index contributed by atoms with van der Waals surface area (Å²) >= 11 is 5.94. The van der Waals surface area contributed by atoms with Gasteiger partial charge >= 0.3 is 6.03 Å². The van der Waals surface area contributed by atoms with Crippen LogP contribution in [0.2, 0.25) is 5.02 Å². The summed E-state index contributed by atoms with van der Waals surface area (Å²) in [7, 11) is -2.38. The monoisotopic (exact) mass is 718 g/mol. The number of rotatable bonds is 8. The van der Waals surface area contributed by atoms with E-state index in [1.165, 1.54) is 70.5 Å². The molecule has 4 atom stereocenters. The van der Waals surface area contributed by atoms with E-state index in [1.54, 1.807) is 20.0 Å². The Labute approximate surface area is 292 Å². The fourth-order valence-corrected chi connectivity index (χ4v) is 6.56. The minimum atomic E-state index is -4.01. The van der Waals surface area contributed by atoms with E-state index in [2.05, 4.69) is 10.0 Å². The van der Waals surface area contributed by atoms with Gasteiger partial charge < -0.3 is 29.7 Å². The zero-order valence-corrected chi connectivity index (χ0v) is 29.6. The third kappa shape index (κ3) is 10.5. The van der Waals surface area contributed by atoms with Gasteiger partial charge in [0.1, 0.15) is 11.6 Å². The molecule has 3 aromatic rings. The normalized spacial score (nSPS) is 19.9. The molecule has 1 aliphatic heterocycles. The number of aliphatic hydroxyl groups is 1. The molecule has 0 saturated heterocycles. The van der Waals surface area contributed by atoms with Gasteiger partial charge in [-0.2, -0.15) is 0 Å². The van der Waals surface area contributed by atoms with Crippen molar-refractivity contribution >= 4 is 44.9 Å².